The van der Waals surface area contributed by atoms with Gasteiger partial charge in [0.2, 0.25) is 0 Å². The van der Waals surface area contributed by atoms with Crippen LogP contribution in [0.2, 0.25) is 0 Å². The van der Waals surface area contributed by atoms with Crippen LogP contribution in [0.15, 0.2) is 146 Å². The van der Waals surface area contributed by atoms with Gasteiger partial charge in [-0.15, -0.1) is 0 Å². The van der Waals surface area contributed by atoms with Gasteiger partial charge in [-0.3, -0.25) is 4.40 Å². The number of para-hydroxylation sites is 4. The second-order valence-corrected chi connectivity index (χ2v) is 11.3. The molecule has 0 spiro atoms. The molecule has 4 heterocycles. The molecule has 0 saturated carbocycles. The van der Waals surface area contributed by atoms with Gasteiger partial charge < -0.3 is 9.13 Å². The Labute approximate surface area is 246 Å². The normalized spacial score (nSPS) is 12.2. The van der Waals surface area contributed by atoms with Crippen molar-refractivity contribution in [1.82, 2.24) is 18.5 Å². The van der Waals surface area contributed by atoms with E-state index in [9.17, 15) is 0 Å². The topological polar surface area (TPSA) is 27.2 Å². The predicted octanol–water partition coefficient (Wildman–Crippen LogP) is 9.83. The molecule has 0 aliphatic heterocycles. The second-order valence-electron chi connectivity index (χ2n) is 11.3. The van der Waals surface area contributed by atoms with E-state index in [0.29, 0.717) is 0 Å². The molecular formula is C39H24N4. The molecule has 0 atom stereocenters. The zero-order valence-electron chi connectivity index (χ0n) is 23.1. The SMILES string of the molecule is c1ccc(-n2c3ccccc3c3cc4c(cc32)c2c3c(ccc2n2ccnc42)c2ccccc2n3-c2ccccc2)cc1. The predicted molar refractivity (Wildman–Crippen MR) is 179 cm³/mol. The molecule has 0 fully saturated rings. The van der Waals surface area contributed by atoms with Crippen LogP contribution in [0.3, 0.4) is 0 Å². The van der Waals surface area contributed by atoms with Crippen LogP contribution in [-0.2, 0) is 0 Å². The minimum Gasteiger partial charge on any atom is -0.309 e. The Bertz CT molecular complexity index is 2710. The molecule has 10 rings (SSSR count). The Balaban J connectivity index is 1.50. The fraction of sp³-hybridized carbons (Fsp3) is 0. The van der Waals surface area contributed by atoms with Crippen LogP contribution in [-0.4, -0.2) is 18.5 Å². The number of benzene rings is 6. The minimum absolute atomic E-state index is 0.975. The number of rotatable bonds is 2. The molecule has 0 N–H and O–H groups in total. The summed E-state index contributed by atoms with van der Waals surface area (Å²) in [6, 6.07) is 48.2. The standard InChI is InChI=1S/C39H24N4/c1-3-11-25(12-4-1)42-33-17-9-8-16-28(33)30-23-32-31(24-36(30)42)37-35(41-22-21-40-39(32)41)20-19-29-27-15-7-10-18-34(27)43(38(29)37)26-13-5-2-6-14-26/h1-24H. The molecule has 4 heteroatoms. The third-order valence-electron chi connectivity index (χ3n) is 9.07. The largest absolute Gasteiger partial charge is 0.309 e. The van der Waals surface area contributed by atoms with Gasteiger partial charge in [0.1, 0.15) is 5.65 Å². The second kappa shape index (κ2) is 8.34. The van der Waals surface area contributed by atoms with E-state index >= 15 is 0 Å². The first-order chi connectivity index (χ1) is 21.4. The Morgan fingerprint density at radius 1 is 0.419 bits per heavy atom. The number of pyridine rings is 1. The van der Waals surface area contributed by atoms with Gasteiger partial charge in [0.25, 0.3) is 0 Å². The maximum atomic E-state index is 4.90. The summed E-state index contributed by atoms with van der Waals surface area (Å²) >= 11 is 0. The lowest BCUT2D eigenvalue weighted by molar-refractivity contribution is 1.18. The minimum atomic E-state index is 0.975. The summed E-state index contributed by atoms with van der Waals surface area (Å²) in [7, 11) is 0. The highest BCUT2D eigenvalue weighted by molar-refractivity contribution is 6.28. The third-order valence-corrected chi connectivity index (χ3v) is 9.07. The van der Waals surface area contributed by atoms with E-state index in [2.05, 4.69) is 153 Å². The summed E-state index contributed by atoms with van der Waals surface area (Å²) in [4.78, 5) is 4.90. The summed E-state index contributed by atoms with van der Waals surface area (Å²) < 4.78 is 7.09. The first kappa shape index (κ1) is 22.8. The lowest BCUT2D eigenvalue weighted by atomic mass is 10.0. The number of fused-ring (bicyclic) bond motifs is 13. The van der Waals surface area contributed by atoms with Gasteiger partial charge in [0.15, 0.2) is 0 Å². The summed E-state index contributed by atoms with van der Waals surface area (Å²) in [6.45, 7) is 0. The molecular weight excluding hydrogens is 524 g/mol. The zero-order chi connectivity index (χ0) is 28.1. The number of hydrogen-bond donors (Lipinski definition) is 0. The molecule has 43 heavy (non-hydrogen) atoms. The van der Waals surface area contributed by atoms with Crippen LogP contribution in [0.1, 0.15) is 0 Å². The van der Waals surface area contributed by atoms with Crippen LogP contribution < -0.4 is 0 Å². The third kappa shape index (κ3) is 2.97. The molecule has 200 valence electrons. The van der Waals surface area contributed by atoms with E-state index in [4.69, 9.17) is 4.98 Å². The summed E-state index contributed by atoms with van der Waals surface area (Å²) in [6.07, 6.45) is 4.01. The molecule has 6 aromatic carbocycles. The van der Waals surface area contributed by atoms with Crippen molar-refractivity contribution in [3.8, 4) is 11.4 Å². The molecule has 0 aliphatic carbocycles. The van der Waals surface area contributed by atoms with Gasteiger partial charge in [-0.05, 0) is 60.0 Å². The van der Waals surface area contributed by atoms with Crippen molar-refractivity contribution < 1.29 is 0 Å². The monoisotopic (exact) mass is 548 g/mol. The highest BCUT2D eigenvalue weighted by Gasteiger charge is 2.21. The van der Waals surface area contributed by atoms with Crippen molar-refractivity contribution in [2.75, 3.05) is 0 Å². The smallest absolute Gasteiger partial charge is 0.145 e. The Hall–Kier alpha value is -5.87. The first-order valence-corrected chi connectivity index (χ1v) is 14.7. The fourth-order valence-corrected chi connectivity index (χ4v) is 7.32. The van der Waals surface area contributed by atoms with Crippen molar-refractivity contribution in [3.63, 3.8) is 0 Å². The van der Waals surface area contributed by atoms with Gasteiger partial charge in [-0.25, -0.2) is 4.98 Å². The molecule has 0 bridgehead atoms. The van der Waals surface area contributed by atoms with E-state index in [1.807, 2.05) is 6.20 Å². The van der Waals surface area contributed by atoms with Gasteiger partial charge in [-0.1, -0.05) is 78.9 Å². The average molecular weight is 549 g/mol. The van der Waals surface area contributed by atoms with Crippen LogP contribution >= 0.6 is 0 Å². The lowest BCUT2D eigenvalue weighted by Gasteiger charge is -2.14. The number of hydrogen-bond acceptors (Lipinski definition) is 1. The molecule has 4 nitrogen and oxygen atoms in total. The quantitative estimate of drug-likeness (QED) is 0.198. The Morgan fingerprint density at radius 3 is 1.79 bits per heavy atom. The summed E-state index contributed by atoms with van der Waals surface area (Å²) in [5, 5.41) is 8.55. The molecule has 0 saturated heterocycles. The first-order valence-electron chi connectivity index (χ1n) is 14.7. The van der Waals surface area contributed by atoms with Crippen LogP contribution in [0, 0.1) is 0 Å². The van der Waals surface area contributed by atoms with E-state index in [0.717, 1.165) is 27.9 Å². The lowest BCUT2D eigenvalue weighted by Crippen LogP contribution is -1.97. The van der Waals surface area contributed by atoms with Crippen LogP contribution in [0.25, 0.3) is 82.3 Å². The van der Waals surface area contributed by atoms with Gasteiger partial charge in [0, 0.05) is 56.1 Å². The highest BCUT2D eigenvalue weighted by Crippen LogP contribution is 2.43. The van der Waals surface area contributed by atoms with E-state index in [-0.39, 0.29) is 0 Å². The Kier molecular flexibility index (Phi) is 4.42. The maximum Gasteiger partial charge on any atom is 0.145 e. The highest BCUT2D eigenvalue weighted by atomic mass is 15.0. The average Bonchev–Trinajstić information content (AvgIpc) is 3.78. The molecule has 0 radical (unpaired) electrons. The fourth-order valence-electron chi connectivity index (χ4n) is 7.32. The van der Waals surface area contributed by atoms with Crippen molar-refractivity contribution in [2.24, 2.45) is 0 Å². The maximum absolute atomic E-state index is 4.90. The number of imidazole rings is 1. The summed E-state index contributed by atoms with van der Waals surface area (Å²) in [5.74, 6) is 0. The summed E-state index contributed by atoms with van der Waals surface area (Å²) in [5.41, 5.74) is 9.24. The molecule has 10 aromatic rings. The van der Waals surface area contributed by atoms with E-state index < -0.39 is 0 Å². The number of aromatic nitrogens is 4. The van der Waals surface area contributed by atoms with Crippen LogP contribution in [0.4, 0.5) is 0 Å². The van der Waals surface area contributed by atoms with Crippen molar-refractivity contribution in [1.29, 1.82) is 0 Å². The molecule has 0 unspecified atom stereocenters. The van der Waals surface area contributed by atoms with Gasteiger partial charge in [-0.2, -0.15) is 0 Å². The van der Waals surface area contributed by atoms with Crippen molar-refractivity contribution in [3.05, 3.63) is 146 Å². The van der Waals surface area contributed by atoms with Gasteiger partial charge in [0.05, 0.1) is 27.6 Å². The molecule has 0 aliphatic rings. The van der Waals surface area contributed by atoms with Gasteiger partial charge >= 0.3 is 0 Å². The molecule has 4 aromatic heterocycles. The van der Waals surface area contributed by atoms with Crippen molar-refractivity contribution >= 4 is 70.9 Å². The molecule has 0 amide bonds. The zero-order valence-corrected chi connectivity index (χ0v) is 23.1. The van der Waals surface area contributed by atoms with E-state index in [1.54, 1.807) is 0 Å². The van der Waals surface area contributed by atoms with E-state index in [1.165, 1.54) is 54.4 Å². The van der Waals surface area contributed by atoms with Crippen LogP contribution in [0.5, 0.6) is 0 Å². The number of nitrogens with zero attached hydrogens (tertiary/aromatic N) is 4. The Morgan fingerprint density at radius 2 is 1.05 bits per heavy atom. The van der Waals surface area contributed by atoms with Crippen molar-refractivity contribution in [2.45, 2.75) is 0 Å².